The zero-order valence-corrected chi connectivity index (χ0v) is 10.7. The van der Waals surface area contributed by atoms with Gasteiger partial charge in [0.05, 0.1) is 6.61 Å². The summed E-state index contributed by atoms with van der Waals surface area (Å²) in [6.07, 6.45) is 2.13. The lowest BCUT2D eigenvalue weighted by Crippen LogP contribution is -2.27. The molecule has 0 bridgehead atoms. The van der Waals surface area contributed by atoms with Crippen LogP contribution in [0.1, 0.15) is 29.2 Å². The minimum Gasteiger partial charge on any atom is -0.383 e. The number of amides is 1. The zero-order chi connectivity index (χ0) is 13.0. The first kappa shape index (κ1) is 12.8. The molecule has 0 aromatic carbocycles. The molecule has 1 aliphatic rings. The minimum atomic E-state index is -0.127. The molecule has 1 aliphatic carbocycles. The molecule has 0 saturated heterocycles. The number of carbonyl (C=O) groups excluding carboxylic acids is 1. The number of methoxy groups -OCH3 is 1. The molecular weight excluding hydrogens is 232 g/mol. The van der Waals surface area contributed by atoms with Gasteiger partial charge in [0, 0.05) is 25.8 Å². The molecule has 1 aromatic rings. The molecule has 1 aromatic heterocycles. The van der Waals surface area contributed by atoms with E-state index in [0.717, 1.165) is 12.8 Å². The van der Waals surface area contributed by atoms with Gasteiger partial charge in [-0.05, 0) is 19.8 Å². The molecular formula is C12H18N4O2. The summed E-state index contributed by atoms with van der Waals surface area (Å²) in [6.45, 7) is 3.01. The Hall–Kier alpha value is -1.69. The highest BCUT2D eigenvalue weighted by Crippen LogP contribution is 2.19. The van der Waals surface area contributed by atoms with Crippen molar-refractivity contribution in [3.05, 3.63) is 17.6 Å². The van der Waals surface area contributed by atoms with Gasteiger partial charge in [-0.2, -0.15) is 0 Å². The Morgan fingerprint density at radius 1 is 1.50 bits per heavy atom. The van der Waals surface area contributed by atoms with Crippen molar-refractivity contribution in [1.82, 2.24) is 15.3 Å². The van der Waals surface area contributed by atoms with Crippen molar-refractivity contribution in [1.29, 1.82) is 0 Å². The number of aryl methyl sites for hydroxylation is 1. The van der Waals surface area contributed by atoms with Gasteiger partial charge in [0.2, 0.25) is 0 Å². The summed E-state index contributed by atoms with van der Waals surface area (Å²) in [5, 5.41) is 6.00. The van der Waals surface area contributed by atoms with Gasteiger partial charge in [-0.1, -0.05) is 0 Å². The third-order valence-corrected chi connectivity index (χ3v) is 2.60. The second-order valence-corrected chi connectivity index (χ2v) is 4.35. The molecule has 2 rings (SSSR count). The second-order valence-electron chi connectivity index (χ2n) is 4.35. The van der Waals surface area contributed by atoms with E-state index in [9.17, 15) is 4.79 Å². The first-order valence-electron chi connectivity index (χ1n) is 6.08. The number of hydrogen-bond donors (Lipinski definition) is 2. The van der Waals surface area contributed by atoms with Crippen LogP contribution in [0.2, 0.25) is 0 Å². The van der Waals surface area contributed by atoms with Gasteiger partial charge in [0.15, 0.2) is 0 Å². The number of carbonyl (C=O) groups is 1. The highest BCUT2D eigenvalue weighted by molar-refractivity contribution is 5.93. The zero-order valence-electron chi connectivity index (χ0n) is 10.7. The molecule has 0 radical (unpaired) electrons. The van der Waals surface area contributed by atoms with E-state index in [2.05, 4.69) is 20.6 Å². The molecule has 0 spiro atoms. The molecule has 1 saturated carbocycles. The van der Waals surface area contributed by atoms with Crippen molar-refractivity contribution in [2.24, 2.45) is 0 Å². The summed E-state index contributed by atoms with van der Waals surface area (Å²) in [4.78, 5) is 20.2. The first-order chi connectivity index (χ1) is 8.69. The lowest BCUT2D eigenvalue weighted by Gasteiger charge is -2.08. The predicted molar refractivity (Wildman–Crippen MR) is 67.6 cm³/mol. The average molecular weight is 250 g/mol. The smallest absolute Gasteiger partial charge is 0.270 e. The fraction of sp³-hybridized carbons (Fsp3) is 0.583. The van der Waals surface area contributed by atoms with Crippen LogP contribution in [0.4, 0.5) is 5.82 Å². The lowest BCUT2D eigenvalue weighted by molar-refractivity contribution is 0.0945. The summed E-state index contributed by atoms with van der Waals surface area (Å²) in [7, 11) is 1.64. The summed E-state index contributed by atoms with van der Waals surface area (Å²) in [5.74, 6) is 1.11. The molecule has 6 heteroatoms. The molecule has 2 N–H and O–H groups in total. The van der Waals surface area contributed by atoms with Crippen molar-refractivity contribution in [3.8, 4) is 0 Å². The molecule has 1 fully saturated rings. The Kier molecular flexibility index (Phi) is 4.09. The second kappa shape index (κ2) is 5.77. The summed E-state index contributed by atoms with van der Waals surface area (Å²) >= 11 is 0. The predicted octanol–water partition coefficient (Wildman–Crippen LogP) is 0.736. The van der Waals surface area contributed by atoms with E-state index in [1.54, 1.807) is 20.1 Å². The van der Waals surface area contributed by atoms with E-state index in [0.29, 0.717) is 36.5 Å². The standard InChI is InChI=1S/C12H18N4O2/c1-8-14-10(12(17)16-9-3-4-9)7-11(15-8)13-5-6-18-2/h7,9H,3-6H2,1-2H3,(H,16,17)(H,13,14,15). The largest absolute Gasteiger partial charge is 0.383 e. The van der Waals surface area contributed by atoms with E-state index in [-0.39, 0.29) is 5.91 Å². The van der Waals surface area contributed by atoms with E-state index in [1.165, 1.54) is 0 Å². The Balaban J connectivity index is 2.02. The van der Waals surface area contributed by atoms with Gasteiger partial charge in [0.25, 0.3) is 5.91 Å². The number of rotatable bonds is 6. The number of nitrogens with zero attached hydrogens (tertiary/aromatic N) is 2. The summed E-state index contributed by atoms with van der Waals surface area (Å²) in [6, 6.07) is 2.00. The molecule has 6 nitrogen and oxygen atoms in total. The van der Waals surface area contributed by atoms with Crippen molar-refractivity contribution in [2.75, 3.05) is 25.6 Å². The van der Waals surface area contributed by atoms with Gasteiger partial charge < -0.3 is 15.4 Å². The quantitative estimate of drug-likeness (QED) is 0.728. The Bertz CT molecular complexity index is 432. The number of anilines is 1. The van der Waals surface area contributed by atoms with E-state index in [1.807, 2.05) is 0 Å². The Morgan fingerprint density at radius 2 is 2.28 bits per heavy atom. The van der Waals surface area contributed by atoms with Crippen LogP contribution >= 0.6 is 0 Å². The molecule has 98 valence electrons. The molecule has 0 unspecified atom stereocenters. The number of aromatic nitrogens is 2. The minimum absolute atomic E-state index is 0.127. The topological polar surface area (TPSA) is 76.1 Å². The molecule has 1 amide bonds. The number of nitrogens with one attached hydrogen (secondary N) is 2. The van der Waals surface area contributed by atoms with Crippen LogP contribution in [-0.4, -0.2) is 42.2 Å². The SMILES string of the molecule is COCCNc1cc(C(=O)NC2CC2)nc(C)n1. The fourth-order valence-electron chi connectivity index (χ4n) is 1.54. The van der Waals surface area contributed by atoms with Gasteiger partial charge in [-0.25, -0.2) is 9.97 Å². The molecule has 18 heavy (non-hydrogen) atoms. The maximum Gasteiger partial charge on any atom is 0.270 e. The first-order valence-corrected chi connectivity index (χ1v) is 6.08. The monoisotopic (exact) mass is 250 g/mol. The van der Waals surface area contributed by atoms with Crippen molar-refractivity contribution in [2.45, 2.75) is 25.8 Å². The van der Waals surface area contributed by atoms with E-state index in [4.69, 9.17) is 4.74 Å². The van der Waals surface area contributed by atoms with Gasteiger partial charge in [-0.3, -0.25) is 4.79 Å². The third-order valence-electron chi connectivity index (χ3n) is 2.60. The normalized spacial score (nSPS) is 14.3. The molecule has 0 atom stereocenters. The summed E-state index contributed by atoms with van der Waals surface area (Å²) < 4.78 is 4.95. The van der Waals surface area contributed by atoms with Crippen LogP contribution in [-0.2, 0) is 4.74 Å². The fourth-order valence-corrected chi connectivity index (χ4v) is 1.54. The van der Waals surface area contributed by atoms with E-state index < -0.39 is 0 Å². The highest BCUT2D eigenvalue weighted by Gasteiger charge is 2.24. The van der Waals surface area contributed by atoms with Crippen LogP contribution < -0.4 is 10.6 Å². The third kappa shape index (κ3) is 3.66. The van der Waals surface area contributed by atoms with Crippen molar-refractivity contribution in [3.63, 3.8) is 0 Å². The number of hydrogen-bond acceptors (Lipinski definition) is 5. The average Bonchev–Trinajstić information content (AvgIpc) is 3.12. The highest BCUT2D eigenvalue weighted by atomic mass is 16.5. The summed E-state index contributed by atoms with van der Waals surface area (Å²) in [5.41, 5.74) is 0.411. The van der Waals surface area contributed by atoms with E-state index >= 15 is 0 Å². The lowest BCUT2D eigenvalue weighted by atomic mass is 10.3. The van der Waals surface area contributed by atoms with Crippen LogP contribution in [0, 0.1) is 6.92 Å². The maximum absolute atomic E-state index is 11.9. The van der Waals surface area contributed by atoms with Crippen LogP contribution in [0.15, 0.2) is 6.07 Å². The van der Waals surface area contributed by atoms with Gasteiger partial charge in [-0.15, -0.1) is 0 Å². The Morgan fingerprint density at radius 3 is 2.94 bits per heavy atom. The van der Waals surface area contributed by atoms with Crippen molar-refractivity contribution >= 4 is 11.7 Å². The molecule has 1 heterocycles. The maximum atomic E-state index is 11.9. The Labute approximate surface area is 106 Å². The van der Waals surface area contributed by atoms with Gasteiger partial charge in [0.1, 0.15) is 17.3 Å². The molecule has 0 aliphatic heterocycles. The van der Waals surface area contributed by atoms with Crippen molar-refractivity contribution < 1.29 is 9.53 Å². The number of ether oxygens (including phenoxy) is 1. The van der Waals surface area contributed by atoms with Crippen LogP contribution in [0.5, 0.6) is 0 Å². The van der Waals surface area contributed by atoms with Gasteiger partial charge >= 0.3 is 0 Å². The van der Waals surface area contributed by atoms with Crippen LogP contribution in [0.25, 0.3) is 0 Å². The van der Waals surface area contributed by atoms with Crippen LogP contribution in [0.3, 0.4) is 0 Å².